The lowest BCUT2D eigenvalue weighted by Crippen LogP contribution is -1.97. The van der Waals surface area contributed by atoms with Gasteiger partial charge in [-0.25, -0.2) is 0 Å². The second kappa shape index (κ2) is 5.87. The first-order valence-electron chi connectivity index (χ1n) is 4.91. The van der Waals surface area contributed by atoms with Gasteiger partial charge in [0.25, 0.3) is 0 Å². The number of benzene rings is 1. The van der Waals surface area contributed by atoms with Gasteiger partial charge in [0.15, 0.2) is 0 Å². The van der Waals surface area contributed by atoms with Crippen LogP contribution in [0.4, 0.5) is 0 Å². The monoisotopic (exact) mass is 202 g/mol. The van der Waals surface area contributed by atoms with Gasteiger partial charge in [-0.05, 0) is 24.1 Å². The quantitative estimate of drug-likeness (QED) is 0.542. The molecule has 2 heteroatoms. The average Bonchev–Trinajstić information content (AvgIpc) is 2.29. The standard InChI is InChI=1S/C13H14O2/c1-3-11-6-4-7-12(10-11)8-5-9-13(14)15-2/h4,6-7,10H,3,9H2,1-2H3. The van der Waals surface area contributed by atoms with Crippen LogP contribution in [0.3, 0.4) is 0 Å². The first-order chi connectivity index (χ1) is 7.26. The number of carbonyl (C=O) groups excluding carboxylic acids is 1. The summed E-state index contributed by atoms with van der Waals surface area (Å²) in [6, 6.07) is 8.00. The zero-order valence-corrected chi connectivity index (χ0v) is 9.04. The third-order valence-corrected chi connectivity index (χ3v) is 2.03. The van der Waals surface area contributed by atoms with Crippen molar-refractivity contribution in [3.05, 3.63) is 35.4 Å². The number of hydrogen-bond acceptors (Lipinski definition) is 2. The molecular weight excluding hydrogens is 188 g/mol. The molecule has 0 bridgehead atoms. The van der Waals surface area contributed by atoms with Crippen LogP contribution in [0.25, 0.3) is 0 Å². The molecule has 0 spiro atoms. The Hall–Kier alpha value is -1.75. The Balaban J connectivity index is 2.67. The second-order valence-electron chi connectivity index (χ2n) is 3.11. The Morgan fingerprint density at radius 3 is 2.93 bits per heavy atom. The zero-order valence-electron chi connectivity index (χ0n) is 9.04. The second-order valence-corrected chi connectivity index (χ2v) is 3.11. The number of esters is 1. The predicted molar refractivity (Wildman–Crippen MR) is 59.3 cm³/mol. The van der Waals surface area contributed by atoms with Gasteiger partial charge in [-0.15, -0.1) is 0 Å². The molecule has 0 heterocycles. The van der Waals surface area contributed by atoms with Crippen molar-refractivity contribution in [3.63, 3.8) is 0 Å². The highest BCUT2D eigenvalue weighted by molar-refractivity contribution is 5.72. The predicted octanol–water partition coefficient (Wildman–Crippen LogP) is 2.16. The van der Waals surface area contributed by atoms with E-state index < -0.39 is 0 Å². The summed E-state index contributed by atoms with van der Waals surface area (Å²) in [6.45, 7) is 2.10. The Bertz CT molecular complexity index is 396. The van der Waals surface area contributed by atoms with E-state index in [1.54, 1.807) is 0 Å². The van der Waals surface area contributed by atoms with E-state index in [0.717, 1.165) is 12.0 Å². The van der Waals surface area contributed by atoms with Crippen molar-refractivity contribution in [2.75, 3.05) is 7.11 Å². The van der Waals surface area contributed by atoms with Crippen LogP contribution in [-0.4, -0.2) is 13.1 Å². The van der Waals surface area contributed by atoms with Gasteiger partial charge in [-0.1, -0.05) is 30.9 Å². The van der Waals surface area contributed by atoms with Gasteiger partial charge in [-0.3, -0.25) is 4.79 Å². The van der Waals surface area contributed by atoms with Crippen LogP contribution in [0, 0.1) is 11.8 Å². The molecule has 0 atom stereocenters. The molecule has 0 saturated carbocycles. The summed E-state index contributed by atoms with van der Waals surface area (Å²) >= 11 is 0. The van der Waals surface area contributed by atoms with E-state index in [-0.39, 0.29) is 12.4 Å². The maximum Gasteiger partial charge on any atom is 0.317 e. The van der Waals surface area contributed by atoms with Gasteiger partial charge in [0, 0.05) is 5.56 Å². The lowest BCUT2D eigenvalue weighted by atomic mass is 10.1. The molecule has 2 nitrogen and oxygen atoms in total. The van der Waals surface area contributed by atoms with Crippen molar-refractivity contribution in [1.82, 2.24) is 0 Å². The van der Waals surface area contributed by atoms with Crippen molar-refractivity contribution in [2.45, 2.75) is 19.8 Å². The number of methoxy groups -OCH3 is 1. The molecule has 0 radical (unpaired) electrons. The summed E-state index contributed by atoms with van der Waals surface area (Å²) < 4.78 is 4.49. The van der Waals surface area contributed by atoms with E-state index >= 15 is 0 Å². The maximum atomic E-state index is 10.8. The van der Waals surface area contributed by atoms with E-state index in [1.165, 1.54) is 12.7 Å². The SMILES string of the molecule is CCc1cccc(C#CCC(=O)OC)c1. The molecule has 0 aliphatic rings. The first-order valence-corrected chi connectivity index (χ1v) is 4.91. The van der Waals surface area contributed by atoms with Crippen molar-refractivity contribution in [1.29, 1.82) is 0 Å². The lowest BCUT2D eigenvalue weighted by Gasteiger charge is -1.95. The highest BCUT2D eigenvalue weighted by atomic mass is 16.5. The molecule has 1 aromatic carbocycles. The van der Waals surface area contributed by atoms with Gasteiger partial charge in [-0.2, -0.15) is 0 Å². The molecule has 0 aromatic heterocycles. The van der Waals surface area contributed by atoms with Gasteiger partial charge in [0.2, 0.25) is 0 Å². The normalized spacial score (nSPS) is 8.93. The Kier molecular flexibility index (Phi) is 4.43. The van der Waals surface area contributed by atoms with Gasteiger partial charge in [0.05, 0.1) is 7.11 Å². The highest BCUT2D eigenvalue weighted by Gasteiger charge is 1.94. The van der Waals surface area contributed by atoms with E-state index in [9.17, 15) is 4.79 Å². The lowest BCUT2D eigenvalue weighted by molar-refractivity contribution is -0.139. The fraction of sp³-hybridized carbons (Fsp3) is 0.308. The van der Waals surface area contributed by atoms with Crippen LogP contribution in [0.15, 0.2) is 24.3 Å². The molecule has 0 unspecified atom stereocenters. The van der Waals surface area contributed by atoms with Crippen molar-refractivity contribution in [3.8, 4) is 11.8 Å². The van der Waals surface area contributed by atoms with Gasteiger partial charge < -0.3 is 4.74 Å². The third-order valence-electron chi connectivity index (χ3n) is 2.03. The van der Waals surface area contributed by atoms with Gasteiger partial charge >= 0.3 is 5.97 Å². The molecule has 0 N–H and O–H groups in total. The minimum absolute atomic E-state index is 0.146. The fourth-order valence-corrected chi connectivity index (χ4v) is 1.16. The summed E-state index contributed by atoms with van der Waals surface area (Å²) in [5.41, 5.74) is 2.19. The fourth-order valence-electron chi connectivity index (χ4n) is 1.16. The van der Waals surface area contributed by atoms with Gasteiger partial charge in [0.1, 0.15) is 6.42 Å². The minimum Gasteiger partial charge on any atom is -0.468 e. The van der Waals surface area contributed by atoms with Crippen molar-refractivity contribution >= 4 is 5.97 Å². The Labute approximate surface area is 90.3 Å². The summed E-state index contributed by atoms with van der Waals surface area (Å²) in [7, 11) is 1.36. The van der Waals surface area contributed by atoms with E-state index in [2.05, 4.69) is 29.6 Å². The molecule has 0 fully saturated rings. The molecule has 0 aliphatic heterocycles. The van der Waals surface area contributed by atoms with Crippen LogP contribution in [0.5, 0.6) is 0 Å². The highest BCUT2D eigenvalue weighted by Crippen LogP contribution is 2.04. The molecule has 1 rings (SSSR count). The molecule has 0 saturated heterocycles. The topological polar surface area (TPSA) is 26.3 Å². The molecule has 0 aliphatic carbocycles. The third kappa shape index (κ3) is 3.86. The van der Waals surface area contributed by atoms with E-state index in [4.69, 9.17) is 0 Å². The number of rotatable bonds is 2. The number of aryl methyl sites for hydroxylation is 1. The average molecular weight is 202 g/mol. The van der Waals surface area contributed by atoms with Crippen LogP contribution in [-0.2, 0) is 16.0 Å². The molecule has 15 heavy (non-hydrogen) atoms. The number of ether oxygens (including phenoxy) is 1. The van der Waals surface area contributed by atoms with E-state index in [1.807, 2.05) is 18.2 Å². The van der Waals surface area contributed by atoms with Crippen molar-refractivity contribution in [2.24, 2.45) is 0 Å². The van der Waals surface area contributed by atoms with Crippen LogP contribution >= 0.6 is 0 Å². The molecule has 0 amide bonds. The Morgan fingerprint density at radius 1 is 1.47 bits per heavy atom. The molecule has 1 aromatic rings. The first kappa shape index (κ1) is 11.3. The zero-order chi connectivity index (χ0) is 11.1. The summed E-state index contributed by atoms with van der Waals surface area (Å²) in [5.74, 6) is 5.42. The van der Waals surface area contributed by atoms with Crippen molar-refractivity contribution < 1.29 is 9.53 Å². The smallest absolute Gasteiger partial charge is 0.317 e. The minimum atomic E-state index is -0.297. The largest absolute Gasteiger partial charge is 0.468 e. The summed E-state index contributed by atoms with van der Waals surface area (Å²) in [5, 5.41) is 0. The molecular formula is C13H14O2. The summed E-state index contributed by atoms with van der Waals surface area (Å²) in [4.78, 5) is 10.8. The number of carbonyl (C=O) groups is 1. The summed E-state index contributed by atoms with van der Waals surface area (Å²) in [6.07, 6.45) is 1.14. The van der Waals surface area contributed by atoms with E-state index in [0.29, 0.717) is 0 Å². The number of hydrogen-bond donors (Lipinski definition) is 0. The Morgan fingerprint density at radius 2 is 2.27 bits per heavy atom. The van der Waals surface area contributed by atoms with Crippen LogP contribution in [0.2, 0.25) is 0 Å². The van der Waals surface area contributed by atoms with Crippen LogP contribution < -0.4 is 0 Å². The maximum absolute atomic E-state index is 10.8. The molecule has 78 valence electrons. The van der Waals surface area contributed by atoms with Crippen LogP contribution in [0.1, 0.15) is 24.5 Å².